The minimum absolute atomic E-state index is 0.0995. The maximum absolute atomic E-state index is 11.9. The fourth-order valence-corrected chi connectivity index (χ4v) is 2.81. The van der Waals surface area contributed by atoms with Gasteiger partial charge in [-0.1, -0.05) is 13.3 Å². The van der Waals surface area contributed by atoms with Crippen LogP contribution in [-0.2, 0) is 15.6 Å². The van der Waals surface area contributed by atoms with Gasteiger partial charge in [0, 0.05) is 34.8 Å². The van der Waals surface area contributed by atoms with Crippen LogP contribution in [0.1, 0.15) is 32.6 Å². The third-order valence-corrected chi connectivity index (χ3v) is 5.08. The van der Waals surface area contributed by atoms with Crippen molar-refractivity contribution in [3.63, 3.8) is 0 Å². The summed E-state index contributed by atoms with van der Waals surface area (Å²) in [5.74, 6) is 0.585. The highest BCUT2D eigenvalue weighted by Gasteiger charge is 2.31. The van der Waals surface area contributed by atoms with Gasteiger partial charge in [0.25, 0.3) is 0 Å². The van der Waals surface area contributed by atoms with Crippen molar-refractivity contribution < 1.29 is 9.00 Å². The van der Waals surface area contributed by atoms with Crippen molar-refractivity contribution in [2.24, 2.45) is 17.6 Å². The Morgan fingerprint density at radius 1 is 1.53 bits per heavy atom. The van der Waals surface area contributed by atoms with Crippen LogP contribution >= 0.6 is 0 Å². The maximum atomic E-state index is 11.9. The zero-order valence-corrected chi connectivity index (χ0v) is 11.6. The molecule has 1 saturated carbocycles. The number of nitrogens with one attached hydrogen (secondary N) is 1. The Morgan fingerprint density at radius 2 is 2.24 bits per heavy atom. The zero-order valence-electron chi connectivity index (χ0n) is 10.8. The molecule has 1 aliphatic carbocycles. The van der Waals surface area contributed by atoms with Crippen molar-refractivity contribution in [3.05, 3.63) is 0 Å². The molecule has 0 spiro atoms. The highest BCUT2D eigenvalue weighted by molar-refractivity contribution is 7.84. The van der Waals surface area contributed by atoms with Gasteiger partial charge in [-0.15, -0.1) is 0 Å². The van der Waals surface area contributed by atoms with E-state index < -0.39 is 10.8 Å². The van der Waals surface area contributed by atoms with Gasteiger partial charge < -0.3 is 11.1 Å². The molecule has 3 N–H and O–H groups in total. The maximum Gasteiger partial charge on any atom is 0.223 e. The molecule has 0 bridgehead atoms. The van der Waals surface area contributed by atoms with Crippen molar-refractivity contribution >= 4 is 16.7 Å². The Bertz CT molecular complexity index is 284. The Hall–Kier alpha value is -0.420. The van der Waals surface area contributed by atoms with Crippen molar-refractivity contribution in [2.45, 2.75) is 37.9 Å². The molecule has 4 atom stereocenters. The predicted octanol–water partition coefficient (Wildman–Crippen LogP) is 0.635. The molecule has 0 aromatic heterocycles. The second-order valence-corrected chi connectivity index (χ2v) is 6.72. The predicted molar refractivity (Wildman–Crippen MR) is 71.0 cm³/mol. The summed E-state index contributed by atoms with van der Waals surface area (Å²) in [7, 11) is -0.807. The average Bonchev–Trinajstić information content (AvgIpc) is 2.76. The van der Waals surface area contributed by atoms with Gasteiger partial charge in [-0.3, -0.25) is 9.00 Å². The van der Waals surface area contributed by atoms with Crippen LogP contribution in [0, 0.1) is 11.8 Å². The van der Waals surface area contributed by atoms with Crippen LogP contribution in [-0.4, -0.2) is 34.7 Å². The number of carbonyl (C=O) groups excluding carboxylic acids is 1. The molecule has 1 rings (SSSR count). The van der Waals surface area contributed by atoms with E-state index in [1.165, 1.54) is 0 Å². The van der Waals surface area contributed by atoms with Gasteiger partial charge in [-0.05, 0) is 31.7 Å². The average molecular weight is 260 g/mol. The second kappa shape index (κ2) is 7.11. The molecule has 0 heterocycles. The van der Waals surface area contributed by atoms with Crippen molar-refractivity contribution in [1.82, 2.24) is 5.32 Å². The van der Waals surface area contributed by atoms with Gasteiger partial charge in [0.1, 0.15) is 0 Å². The van der Waals surface area contributed by atoms with Crippen molar-refractivity contribution in [3.8, 4) is 0 Å². The Morgan fingerprint density at radius 3 is 2.82 bits per heavy atom. The van der Waals surface area contributed by atoms with Crippen molar-refractivity contribution in [2.75, 3.05) is 19.3 Å². The molecule has 1 aliphatic rings. The topological polar surface area (TPSA) is 72.2 Å². The number of nitrogens with two attached hydrogens (primary N) is 1. The highest BCUT2D eigenvalue weighted by Crippen LogP contribution is 2.30. The van der Waals surface area contributed by atoms with Crippen LogP contribution in [0.15, 0.2) is 0 Å². The standard InChI is InChI=1S/C12H24N2O2S/c1-9(17(2)16)6-7-14-12(15)11-5-3-4-10(11)8-13/h9-11H,3-8,13H2,1-2H3,(H,14,15). The van der Waals surface area contributed by atoms with E-state index in [1.807, 2.05) is 6.92 Å². The normalized spacial score (nSPS) is 27.7. The fourth-order valence-electron chi connectivity index (χ4n) is 2.36. The highest BCUT2D eigenvalue weighted by atomic mass is 32.2. The van der Waals surface area contributed by atoms with E-state index in [-0.39, 0.29) is 17.1 Å². The van der Waals surface area contributed by atoms with Crippen LogP contribution in [0.5, 0.6) is 0 Å². The van der Waals surface area contributed by atoms with E-state index in [0.29, 0.717) is 19.0 Å². The minimum atomic E-state index is -0.807. The first-order valence-corrected chi connectivity index (χ1v) is 7.98. The summed E-state index contributed by atoms with van der Waals surface area (Å²) < 4.78 is 11.2. The second-order valence-electron chi connectivity index (χ2n) is 4.92. The molecule has 100 valence electrons. The van der Waals surface area contributed by atoms with Crippen LogP contribution in [0.3, 0.4) is 0 Å². The van der Waals surface area contributed by atoms with E-state index in [1.54, 1.807) is 6.26 Å². The molecule has 0 radical (unpaired) electrons. The minimum Gasteiger partial charge on any atom is -0.356 e. The van der Waals surface area contributed by atoms with Gasteiger partial charge in [0.15, 0.2) is 0 Å². The zero-order chi connectivity index (χ0) is 12.8. The lowest BCUT2D eigenvalue weighted by Gasteiger charge is -2.18. The lowest BCUT2D eigenvalue weighted by molar-refractivity contribution is -0.125. The molecule has 0 aromatic rings. The molecule has 1 amide bonds. The lowest BCUT2D eigenvalue weighted by Crippen LogP contribution is -2.36. The quantitative estimate of drug-likeness (QED) is 0.736. The van der Waals surface area contributed by atoms with E-state index in [4.69, 9.17) is 5.73 Å². The molecule has 5 heteroatoms. The summed E-state index contributed by atoms with van der Waals surface area (Å²) in [6, 6.07) is 0. The molecule has 4 nitrogen and oxygen atoms in total. The van der Waals surface area contributed by atoms with E-state index in [0.717, 1.165) is 25.7 Å². The molecular formula is C12H24N2O2S. The molecule has 0 aliphatic heterocycles. The molecule has 0 saturated heterocycles. The molecule has 0 aromatic carbocycles. The molecule has 4 unspecified atom stereocenters. The number of hydrogen-bond acceptors (Lipinski definition) is 3. The smallest absolute Gasteiger partial charge is 0.223 e. The SMILES string of the molecule is CC(CCNC(=O)C1CCCC1CN)S(C)=O. The number of rotatable bonds is 6. The van der Waals surface area contributed by atoms with Crippen LogP contribution in [0.2, 0.25) is 0 Å². The summed E-state index contributed by atoms with van der Waals surface area (Å²) in [4.78, 5) is 11.9. The van der Waals surface area contributed by atoms with Crippen LogP contribution < -0.4 is 11.1 Å². The summed E-state index contributed by atoms with van der Waals surface area (Å²) in [5, 5.41) is 3.09. The monoisotopic (exact) mass is 260 g/mol. The summed E-state index contributed by atoms with van der Waals surface area (Å²) in [6.07, 6.45) is 5.62. The first-order chi connectivity index (χ1) is 8.06. The number of amides is 1. The summed E-state index contributed by atoms with van der Waals surface area (Å²) in [6.45, 7) is 3.17. The third kappa shape index (κ3) is 4.39. The van der Waals surface area contributed by atoms with Crippen LogP contribution in [0.4, 0.5) is 0 Å². The largest absolute Gasteiger partial charge is 0.356 e. The Labute approximate surface area is 106 Å². The van der Waals surface area contributed by atoms with Gasteiger partial charge in [0.2, 0.25) is 5.91 Å². The third-order valence-electron chi connectivity index (χ3n) is 3.72. The van der Waals surface area contributed by atoms with Crippen molar-refractivity contribution in [1.29, 1.82) is 0 Å². The molecule has 17 heavy (non-hydrogen) atoms. The Kier molecular flexibility index (Phi) is 6.12. The van der Waals surface area contributed by atoms with Crippen LogP contribution in [0.25, 0.3) is 0 Å². The first kappa shape index (κ1) is 14.6. The number of hydrogen-bond donors (Lipinski definition) is 2. The van der Waals surface area contributed by atoms with E-state index in [9.17, 15) is 9.00 Å². The van der Waals surface area contributed by atoms with E-state index in [2.05, 4.69) is 5.32 Å². The Balaban J connectivity index is 2.27. The molecule has 1 fully saturated rings. The molecular weight excluding hydrogens is 236 g/mol. The van der Waals surface area contributed by atoms with Gasteiger partial charge >= 0.3 is 0 Å². The number of carbonyl (C=O) groups is 1. The summed E-state index contributed by atoms with van der Waals surface area (Å²) in [5.41, 5.74) is 5.66. The van der Waals surface area contributed by atoms with Gasteiger partial charge in [-0.2, -0.15) is 0 Å². The lowest BCUT2D eigenvalue weighted by atomic mass is 9.95. The summed E-state index contributed by atoms with van der Waals surface area (Å²) >= 11 is 0. The first-order valence-electron chi connectivity index (χ1n) is 6.36. The van der Waals surface area contributed by atoms with Gasteiger partial charge in [0.05, 0.1) is 0 Å². The van der Waals surface area contributed by atoms with E-state index >= 15 is 0 Å². The van der Waals surface area contributed by atoms with Gasteiger partial charge in [-0.25, -0.2) is 0 Å². The fraction of sp³-hybridized carbons (Fsp3) is 0.917.